The van der Waals surface area contributed by atoms with E-state index in [1.165, 1.54) is 31.8 Å². The molecule has 2 heteroatoms. The normalized spacial score (nSPS) is 26.2. The van der Waals surface area contributed by atoms with Crippen molar-refractivity contribution in [2.45, 2.75) is 33.1 Å². The van der Waals surface area contributed by atoms with Crippen molar-refractivity contribution >= 4 is 5.97 Å². The summed E-state index contributed by atoms with van der Waals surface area (Å²) in [7, 11) is 0. The molecule has 0 heterocycles. The summed E-state index contributed by atoms with van der Waals surface area (Å²) in [4.78, 5) is 10.4. The van der Waals surface area contributed by atoms with Gasteiger partial charge in [-0.1, -0.05) is 12.5 Å². The summed E-state index contributed by atoms with van der Waals surface area (Å²) in [6.07, 6.45) is 5.69. The summed E-state index contributed by atoms with van der Waals surface area (Å²) in [5, 5.41) is 0. The molecule has 0 N–H and O–H groups in total. The number of carbonyl (C=O) groups is 1. The summed E-state index contributed by atoms with van der Waals surface area (Å²) in [6.45, 7) is 4.15. The molecule has 2 nitrogen and oxygen atoms in total. The van der Waals surface area contributed by atoms with Gasteiger partial charge in [0.25, 0.3) is 0 Å². The van der Waals surface area contributed by atoms with Gasteiger partial charge in [0, 0.05) is 6.92 Å². The van der Waals surface area contributed by atoms with Gasteiger partial charge < -0.3 is 4.74 Å². The first kappa shape index (κ1) is 9.30. The lowest BCUT2D eigenvalue weighted by Gasteiger charge is -1.98. The molecule has 1 aliphatic carbocycles. The predicted molar refractivity (Wildman–Crippen MR) is 47.7 cm³/mol. The molecule has 0 saturated heterocycles. The van der Waals surface area contributed by atoms with Gasteiger partial charge in [-0.2, -0.15) is 0 Å². The zero-order valence-electron chi connectivity index (χ0n) is 7.80. The Balaban J connectivity index is 2.23. The third kappa shape index (κ3) is 3.07. The molecule has 0 unspecified atom stereocenters. The van der Waals surface area contributed by atoms with Crippen molar-refractivity contribution in [2.24, 2.45) is 5.92 Å². The quantitative estimate of drug-likeness (QED) is 0.467. The molecule has 12 heavy (non-hydrogen) atoms. The Morgan fingerprint density at radius 3 is 3.00 bits per heavy atom. The second-order valence-electron chi connectivity index (χ2n) is 3.51. The lowest BCUT2D eigenvalue weighted by molar-refractivity contribution is -0.139. The van der Waals surface area contributed by atoms with Crippen molar-refractivity contribution in [1.29, 1.82) is 0 Å². The van der Waals surface area contributed by atoms with Crippen LogP contribution in [0, 0.1) is 5.92 Å². The highest BCUT2D eigenvalue weighted by Crippen LogP contribution is 2.29. The zero-order chi connectivity index (χ0) is 8.97. The maximum atomic E-state index is 10.4. The van der Waals surface area contributed by atoms with Crippen molar-refractivity contribution in [1.82, 2.24) is 0 Å². The van der Waals surface area contributed by atoms with Gasteiger partial charge in [-0.25, -0.2) is 0 Å². The third-order valence-corrected chi connectivity index (χ3v) is 2.23. The first-order chi connectivity index (χ1) is 5.68. The fraction of sp³-hybridized carbons (Fsp3) is 0.700. The van der Waals surface area contributed by atoms with Gasteiger partial charge in [0.1, 0.15) is 6.61 Å². The monoisotopic (exact) mass is 168 g/mol. The SMILES string of the molecule is CC(=O)OCC=C1CC[C@@H](C)C1. The molecule has 0 amide bonds. The van der Waals surface area contributed by atoms with E-state index in [0.717, 1.165) is 5.92 Å². The van der Waals surface area contributed by atoms with Crippen molar-refractivity contribution in [3.8, 4) is 0 Å². The van der Waals surface area contributed by atoms with Crippen LogP contribution in [0.3, 0.4) is 0 Å². The molecule has 0 aliphatic heterocycles. The number of esters is 1. The smallest absolute Gasteiger partial charge is 0.302 e. The summed E-state index contributed by atoms with van der Waals surface area (Å²) < 4.78 is 4.82. The van der Waals surface area contributed by atoms with E-state index in [2.05, 4.69) is 6.92 Å². The van der Waals surface area contributed by atoms with E-state index in [4.69, 9.17) is 4.74 Å². The minimum atomic E-state index is -0.196. The van der Waals surface area contributed by atoms with E-state index < -0.39 is 0 Å². The molecular formula is C10H16O2. The average molecular weight is 168 g/mol. The summed E-state index contributed by atoms with van der Waals surface area (Å²) in [5.41, 5.74) is 1.45. The Hall–Kier alpha value is -0.790. The maximum absolute atomic E-state index is 10.4. The zero-order valence-corrected chi connectivity index (χ0v) is 7.80. The van der Waals surface area contributed by atoms with Gasteiger partial charge in [-0.3, -0.25) is 4.79 Å². The number of hydrogen-bond acceptors (Lipinski definition) is 2. The van der Waals surface area contributed by atoms with Crippen molar-refractivity contribution in [2.75, 3.05) is 6.61 Å². The number of carbonyl (C=O) groups excluding carboxylic acids is 1. The van der Waals surface area contributed by atoms with E-state index in [1.807, 2.05) is 6.08 Å². The van der Waals surface area contributed by atoms with Crippen molar-refractivity contribution in [3.05, 3.63) is 11.6 Å². The molecule has 0 radical (unpaired) electrons. The number of hydrogen-bond donors (Lipinski definition) is 0. The van der Waals surface area contributed by atoms with Crippen LogP contribution in [0.15, 0.2) is 11.6 Å². The Kier molecular flexibility index (Phi) is 3.32. The van der Waals surface area contributed by atoms with Gasteiger partial charge in [-0.15, -0.1) is 0 Å². The fourth-order valence-corrected chi connectivity index (χ4v) is 1.55. The molecular weight excluding hydrogens is 152 g/mol. The average Bonchev–Trinajstić information content (AvgIpc) is 2.35. The van der Waals surface area contributed by atoms with Gasteiger partial charge >= 0.3 is 5.97 Å². The van der Waals surface area contributed by atoms with Gasteiger partial charge in [0.15, 0.2) is 0 Å². The van der Waals surface area contributed by atoms with Crippen LogP contribution in [0.4, 0.5) is 0 Å². The molecule has 1 rings (SSSR count). The first-order valence-corrected chi connectivity index (χ1v) is 4.49. The second-order valence-corrected chi connectivity index (χ2v) is 3.51. The van der Waals surface area contributed by atoms with Crippen LogP contribution in [0.1, 0.15) is 33.1 Å². The topological polar surface area (TPSA) is 26.3 Å². The second kappa shape index (κ2) is 4.29. The van der Waals surface area contributed by atoms with Gasteiger partial charge in [0.05, 0.1) is 0 Å². The third-order valence-electron chi connectivity index (χ3n) is 2.23. The Bertz CT molecular complexity index is 194. The molecule has 0 aromatic rings. The summed E-state index contributed by atoms with van der Waals surface area (Å²) in [5.74, 6) is 0.617. The van der Waals surface area contributed by atoms with E-state index in [0.29, 0.717) is 6.61 Å². The van der Waals surface area contributed by atoms with Crippen LogP contribution in [0.25, 0.3) is 0 Å². The maximum Gasteiger partial charge on any atom is 0.302 e. The Labute approximate surface area is 73.6 Å². The number of rotatable bonds is 2. The van der Waals surface area contributed by atoms with Crippen LogP contribution in [-0.2, 0) is 9.53 Å². The van der Waals surface area contributed by atoms with Gasteiger partial charge in [0.2, 0.25) is 0 Å². The highest BCUT2D eigenvalue weighted by atomic mass is 16.5. The first-order valence-electron chi connectivity index (χ1n) is 4.49. The molecule has 0 aromatic carbocycles. The molecule has 1 fully saturated rings. The van der Waals surface area contributed by atoms with Crippen LogP contribution in [-0.4, -0.2) is 12.6 Å². The standard InChI is InChI=1S/C10H16O2/c1-8-3-4-10(7-8)5-6-12-9(2)11/h5,8H,3-4,6-7H2,1-2H3/t8-/m1/s1. The number of ether oxygens (including phenoxy) is 1. The van der Waals surface area contributed by atoms with Gasteiger partial charge in [-0.05, 0) is 31.3 Å². The summed E-state index contributed by atoms with van der Waals surface area (Å²) in [6, 6.07) is 0. The predicted octanol–water partition coefficient (Wildman–Crippen LogP) is 2.30. The molecule has 68 valence electrons. The minimum Gasteiger partial charge on any atom is -0.462 e. The Morgan fingerprint density at radius 2 is 2.50 bits per heavy atom. The lowest BCUT2D eigenvalue weighted by Crippen LogP contribution is -1.98. The number of allylic oxidation sites excluding steroid dienone is 1. The fourth-order valence-electron chi connectivity index (χ4n) is 1.55. The highest BCUT2D eigenvalue weighted by Gasteiger charge is 2.13. The van der Waals surface area contributed by atoms with E-state index in [-0.39, 0.29) is 5.97 Å². The minimum absolute atomic E-state index is 0.196. The largest absolute Gasteiger partial charge is 0.462 e. The van der Waals surface area contributed by atoms with Crippen molar-refractivity contribution in [3.63, 3.8) is 0 Å². The molecule has 1 atom stereocenters. The van der Waals surface area contributed by atoms with E-state index in [9.17, 15) is 4.79 Å². The molecule has 1 aliphatic rings. The van der Waals surface area contributed by atoms with E-state index in [1.54, 1.807) is 0 Å². The lowest BCUT2D eigenvalue weighted by atomic mass is 10.1. The van der Waals surface area contributed by atoms with Crippen LogP contribution >= 0.6 is 0 Å². The Morgan fingerprint density at radius 1 is 1.75 bits per heavy atom. The highest BCUT2D eigenvalue weighted by molar-refractivity contribution is 5.66. The van der Waals surface area contributed by atoms with Crippen molar-refractivity contribution < 1.29 is 9.53 Å². The van der Waals surface area contributed by atoms with Crippen LogP contribution in [0.2, 0.25) is 0 Å². The van der Waals surface area contributed by atoms with E-state index >= 15 is 0 Å². The van der Waals surface area contributed by atoms with Crippen LogP contribution < -0.4 is 0 Å². The molecule has 0 aromatic heterocycles. The molecule has 1 saturated carbocycles. The molecule has 0 bridgehead atoms. The summed E-state index contributed by atoms with van der Waals surface area (Å²) >= 11 is 0. The van der Waals surface area contributed by atoms with Crippen LogP contribution in [0.5, 0.6) is 0 Å². The molecule has 0 spiro atoms.